The summed E-state index contributed by atoms with van der Waals surface area (Å²) < 4.78 is 7.74. The summed E-state index contributed by atoms with van der Waals surface area (Å²) in [5, 5.41) is 0. The third-order valence-corrected chi connectivity index (χ3v) is 4.91. The van der Waals surface area contributed by atoms with Gasteiger partial charge in [0.15, 0.2) is 6.23 Å². The van der Waals surface area contributed by atoms with Gasteiger partial charge in [0, 0.05) is 32.0 Å². The quantitative estimate of drug-likeness (QED) is 0.552. The average Bonchev–Trinajstić information content (AvgIpc) is 2.73. The molecule has 4 heteroatoms. The van der Waals surface area contributed by atoms with Gasteiger partial charge in [0.2, 0.25) is 0 Å². The van der Waals surface area contributed by atoms with Crippen LogP contribution in [0, 0.1) is 0 Å². The van der Waals surface area contributed by atoms with Crippen molar-refractivity contribution in [3.63, 3.8) is 0 Å². The second kappa shape index (κ2) is 10.0. The van der Waals surface area contributed by atoms with Gasteiger partial charge in [-0.1, -0.05) is 66.7 Å². The normalized spacial score (nSPS) is 13.4. The van der Waals surface area contributed by atoms with Crippen LogP contribution in [-0.2, 0) is 17.8 Å². The smallest absolute Gasteiger partial charge is 0.252 e. The molecule has 1 heterocycles. The van der Waals surface area contributed by atoms with Crippen LogP contribution in [0.2, 0.25) is 0 Å². The molecule has 146 valence electrons. The first-order valence-corrected chi connectivity index (χ1v) is 9.79. The van der Waals surface area contributed by atoms with Crippen molar-refractivity contribution in [2.45, 2.75) is 39.2 Å². The highest BCUT2D eigenvalue weighted by atomic mass is 16.5. The molecule has 0 unspecified atom stereocenters. The molecule has 0 N–H and O–H groups in total. The monoisotopic (exact) mass is 376 g/mol. The van der Waals surface area contributed by atoms with Gasteiger partial charge in [-0.15, -0.1) is 0 Å². The van der Waals surface area contributed by atoms with Crippen LogP contribution in [0.4, 0.5) is 0 Å². The van der Waals surface area contributed by atoms with E-state index in [9.17, 15) is 4.79 Å². The van der Waals surface area contributed by atoms with Crippen LogP contribution in [0.3, 0.4) is 0 Å². The number of hydrogen-bond acceptors (Lipinski definition) is 3. The van der Waals surface area contributed by atoms with Gasteiger partial charge in [-0.3, -0.25) is 14.3 Å². The minimum absolute atomic E-state index is 0.000428. The van der Waals surface area contributed by atoms with Crippen LogP contribution in [0.1, 0.15) is 31.2 Å². The molecule has 2 atom stereocenters. The fourth-order valence-electron chi connectivity index (χ4n) is 3.43. The highest BCUT2D eigenvalue weighted by molar-refractivity contribution is 5.17. The minimum Gasteiger partial charge on any atom is -0.357 e. The highest BCUT2D eigenvalue weighted by Gasteiger charge is 2.26. The zero-order valence-electron chi connectivity index (χ0n) is 16.6. The maximum atomic E-state index is 12.4. The number of rotatable bonds is 9. The number of nitrogens with zero attached hydrogens (tertiary/aromatic N) is 2. The van der Waals surface area contributed by atoms with Crippen LogP contribution < -0.4 is 5.56 Å². The third kappa shape index (κ3) is 5.18. The van der Waals surface area contributed by atoms with E-state index in [1.807, 2.05) is 31.3 Å². The van der Waals surface area contributed by atoms with Crippen molar-refractivity contribution in [2.75, 3.05) is 6.61 Å². The van der Waals surface area contributed by atoms with Gasteiger partial charge >= 0.3 is 0 Å². The molecule has 2 aromatic carbocycles. The minimum atomic E-state index is -0.355. The van der Waals surface area contributed by atoms with E-state index >= 15 is 0 Å². The van der Waals surface area contributed by atoms with Crippen LogP contribution in [0.15, 0.2) is 89.9 Å². The summed E-state index contributed by atoms with van der Waals surface area (Å²) in [6, 6.07) is 26.0. The Kier molecular flexibility index (Phi) is 7.18. The standard InChI is InChI=1S/C24H28N2O2/c1-3-28-24(26-17-11-10-16-23(26)27)20(2)25(18-21-12-6-4-7-13-21)19-22-14-8-5-9-15-22/h4-17,20,24H,3,18-19H2,1-2H3/t20-,24+/m0/s1. The summed E-state index contributed by atoms with van der Waals surface area (Å²) in [6.45, 7) is 6.20. The molecule has 3 rings (SSSR count). The Bertz CT molecular complexity index is 851. The largest absolute Gasteiger partial charge is 0.357 e. The van der Waals surface area contributed by atoms with Crippen molar-refractivity contribution in [3.8, 4) is 0 Å². The number of aromatic nitrogens is 1. The molecule has 28 heavy (non-hydrogen) atoms. The Morgan fingerprint density at radius 3 is 1.89 bits per heavy atom. The number of benzene rings is 2. The van der Waals surface area contributed by atoms with Crippen molar-refractivity contribution in [1.82, 2.24) is 9.47 Å². The molecule has 0 aliphatic carbocycles. The topological polar surface area (TPSA) is 34.5 Å². The van der Waals surface area contributed by atoms with Crippen LogP contribution in [0.25, 0.3) is 0 Å². The number of hydrogen-bond donors (Lipinski definition) is 0. The number of ether oxygens (including phenoxy) is 1. The first kappa shape index (κ1) is 20.1. The Morgan fingerprint density at radius 1 is 0.857 bits per heavy atom. The zero-order chi connectivity index (χ0) is 19.8. The lowest BCUT2D eigenvalue weighted by Crippen LogP contribution is -2.42. The van der Waals surface area contributed by atoms with E-state index in [4.69, 9.17) is 4.74 Å². The Labute approximate surface area is 167 Å². The molecule has 0 radical (unpaired) electrons. The maximum absolute atomic E-state index is 12.4. The van der Waals surface area contributed by atoms with E-state index in [-0.39, 0.29) is 17.8 Å². The summed E-state index contributed by atoms with van der Waals surface area (Å²) in [5.74, 6) is 0. The second-order valence-corrected chi connectivity index (χ2v) is 6.91. The van der Waals surface area contributed by atoms with Crippen molar-refractivity contribution in [3.05, 3.63) is 107 Å². The molecule has 1 aromatic heterocycles. The van der Waals surface area contributed by atoms with E-state index in [0.717, 1.165) is 13.1 Å². The molecule has 0 amide bonds. The summed E-state index contributed by atoms with van der Waals surface area (Å²) in [4.78, 5) is 14.8. The van der Waals surface area contributed by atoms with Gasteiger partial charge in [0.25, 0.3) is 5.56 Å². The first-order chi connectivity index (χ1) is 13.7. The van der Waals surface area contributed by atoms with Crippen LogP contribution in [0.5, 0.6) is 0 Å². The van der Waals surface area contributed by atoms with Crippen molar-refractivity contribution >= 4 is 0 Å². The fraction of sp³-hybridized carbons (Fsp3) is 0.292. The van der Waals surface area contributed by atoms with Crippen LogP contribution >= 0.6 is 0 Å². The predicted octanol–water partition coefficient (Wildman–Crippen LogP) is 4.47. The van der Waals surface area contributed by atoms with Crippen molar-refractivity contribution < 1.29 is 4.74 Å². The van der Waals surface area contributed by atoms with Gasteiger partial charge in [0.1, 0.15) is 0 Å². The molecular formula is C24H28N2O2. The zero-order valence-corrected chi connectivity index (χ0v) is 16.6. The number of pyridine rings is 1. The van der Waals surface area contributed by atoms with Gasteiger partial charge < -0.3 is 4.74 Å². The SMILES string of the molecule is CCO[C@H]([C@H](C)N(Cc1ccccc1)Cc1ccccc1)n1ccccc1=O. The molecule has 0 saturated carbocycles. The molecule has 0 aliphatic rings. The molecule has 0 saturated heterocycles. The molecular weight excluding hydrogens is 348 g/mol. The maximum Gasteiger partial charge on any atom is 0.252 e. The summed E-state index contributed by atoms with van der Waals surface area (Å²) in [5.41, 5.74) is 2.43. The van der Waals surface area contributed by atoms with E-state index < -0.39 is 0 Å². The summed E-state index contributed by atoms with van der Waals surface area (Å²) in [6.07, 6.45) is 1.45. The Morgan fingerprint density at radius 2 is 1.39 bits per heavy atom. The van der Waals surface area contributed by atoms with Gasteiger partial charge in [0.05, 0.1) is 6.04 Å². The summed E-state index contributed by atoms with van der Waals surface area (Å²) >= 11 is 0. The van der Waals surface area contributed by atoms with Gasteiger partial charge in [-0.25, -0.2) is 0 Å². The van der Waals surface area contributed by atoms with Gasteiger partial charge in [-0.05, 0) is 31.0 Å². The van der Waals surface area contributed by atoms with Crippen molar-refractivity contribution in [2.24, 2.45) is 0 Å². The molecule has 0 spiro atoms. The Balaban J connectivity index is 1.91. The molecule has 0 bridgehead atoms. The van der Waals surface area contributed by atoms with E-state index in [1.54, 1.807) is 16.7 Å². The van der Waals surface area contributed by atoms with Gasteiger partial charge in [-0.2, -0.15) is 0 Å². The lowest BCUT2D eigenvalue weighted by molar-refractivity contribution is -0.0562. The highest BCUT2D eigenvalue weighted by Crippen LogP contribution is 2.22. The third-order valence-electron chi connectivity index (χ3n) is 4.91. The van der Waals surface area contributed by atoms with E-state index in [0.29, 0.717) is 6.61 Å². The predicted molar refractivity (Wildman–Crippen MR) is 113 cm³/mol. The molecule has 3 aromatic rings. The lowest BCUT2D eigenvalue weighted by atomic mass is 10.1. The average molecular weight is 377 g/mol. The van der Waals surface area contributed by atoms with Crippen molar-refractivity contribution in [1.29, 1.82) is 0 Å². The summed E-state index contributed by atoms with van der Waals surface area (Å²) in [7, 11) is 0. The van der Waals surface area contributed by atoms with E-state index in [2.05, 4.69) is 60.4 Å². The fourth-order valence-corrected chi connectivity index (χ4v) is 3.43. The molecule has 0 fully saturated rings. The first-order valence-electron chi connectivity index (χ1n) is 9.79. The van der Waals surface area contributed by atoms with Crippen LogP contribution in [-0.4, -0.2) is 22.1 Å². The second-order valence-electron chi connectivity index (χ2n) is 6.91. The Hall–Kier alpha value is -2.69. The van der Waals surface area contributed by atoms with E-state index in [1.165, 1.54) is 11.1 Å². The molecule has 4 nitrogen and oxygen atoms in total. The lowest BCUT2D eigenvalue weighted by Gasteiger charge is -2.35. The molecule has 0 aliphatic heterocycles.